The average molecular weight is 715 g/mol. The number of allylic oxidation sites excluding steroid dienone is 5. The van der Waals surface area contributed by atoms with E-state index in [1.165, 1.54) is 65.3 Å². The number of para-hydroxylation sites is 2. The summed E-state index contributed by atoms with van der Waals surface area (Å²) in [5, 5.41) is 9.94. The Balaban J connectivity index is 1.22. The number of nitrogens with zero attached hydrogens (tertiary/aromatic N) is 2. The van der Waals surface area contributed by atoms with Gasteiger partial charge in [0.25, 0.3) is 0 Å². The molecule has 264 valence electrons. The molecule has 56 heavy (non-hydrogen) atoms. The number of hydrogen-bond donors (Lipinski definition) is 0. The minimum atomic E-state index is 0.886. The molecule has 1 aromatic heterocycles. The summed E-state index contributed by atoms with van der Waals surface area (Å²) in [6.07, 6.45) is 8.04. The molecular weight excluding hydrogens is 677 g/mol. The third-order valence-electron chi connectivity index (χ3n) is 11.1. The molecular formula is C54H38N2. The van der Waals surface area contributed by atoms with Crippen LogP contribution in [0.1, 0.15) is 6.92 Å². The molecule has 0 unspecified atom stereocenters. The van der Waals surface area contributed by atoms with Gasteiger partial charge in [-0.15, -0.1) is 0 Å². The van der Waals surface area contributed by atoms with Gasteiger partial charge in [-0.2, -0.15) is 0 Å². The van der Waals surface area contributed by atoms with Crippen molar-refractivity contribution in [3.8, 4) is 44.8 Å². The Labute approximate surface area is 326 Å². The van der Waals surface area contributed by atoms with Crippen LogP contribution in [0.2, 0.25) is 0 Å². The Morgan fingerprint density at radius 2 is 1.02 bits per heavy atom. The summed E-state index contributed by atoms with van der Waals surface area (Å²) in [6.45, 7) is 6.17. The molecule has 9 aromatic carbocycles. The molecule has 0 fully saturated rings. The topological polar surface area (TPSA) is 17.8 Å². The minimum Gasteiger partial charge on any atom is -0.292 e. The first-order valence-corrected chi connectivity index (χ1v) is 19.2. The van der Waals surface area contributed by atoms with Crippen LogP contribution in [-0.4, -0.2) is 9.55 Å². The van der Waals surface area contributed by atoms with E-state index in [0.29, 0.717) is 0 Å². The van der Waals surface area contributed by atoms with Gasteiger partial charge in [0.05, 0.1) is 11.0 Å². The van der Waals surface area contributed by atoms with Crippen LogP contribution in [0.4, 0.5) is 0 Å². The number of rotatable bonds is 7. The van der Waals surface area contributed by atoms with Gasteiger partial charge in [0.1, 0.15) is 5.82 Å². The molecule has 0 bridgehead atoms. The van der Waals surface area contributed by atoms with E-state index in [2.05, 4.69) is 187 Å². The molecule has 0 spiro atoms. The van der Waals surface area contributed by atoms with Gasteiger partial charge in [-0.25, -0.2) is 4.98 Å². The number of fused-ring (bicyclic) bond motifs is 5. The van der Waals surface area contributed by atoms with Crippen LogP contribution in [-0.2, 0) is 0 Å². The fourth-order valence-corrected chi connectivity index (χ4v) is 8.55. The molecule has 0 radical (unpaired) electrons. The van der Waals surface area contributed by atoms with Gasteiger partial charge >= 0.3 is 0 Å². The molecule has 10 rings (SSSR count). The van der Waals surface area contributed by atoms with Crippen LogP contribution in [0.3, 0.4) is 0 Å². The Morgan fingerprint density at radius 1 is 0.500 bits per heavy atom. The summed E-state index contributed by atoms with van der Waals surface area (Å²) in [5.41, 5.74) is 11.3. The molecule has 0 saturated carbocycles. The smallest absolute Gasteiger partial charge is 0.145 e. The van der Waals surface area contributed by atoms with E-state index in [0.717, 1.165) is 39.2 Å². The molecule has 0 N–H and O–H groups in total. The largest absolute Gasteiger partial charge is 0.292 e. The molecule has 10 aromatic rings. The first-order valence-electron chi connectivity index (χ1n) is 19.2. The van der Waals surface area contributed by atoms with Crippen molar-refractivity contribution in [2.45, 2.75) is 6.92 Å². The molecule has 1 heterocycles. The maximum absolute atomic E-state index is 5.11. The van der Waals surface area contributed by atoms with E-state index in [1.54, 1.807) is 0 Å². The summed E-state index contributed by atoms with van der Waals surface area (Å²) in [4.78, 5) is 5.11. The number of benzene rings is 9. The summed E-state index contributed by atoms with van der Waals surface area (Å²) in [7, 11) is 0. The fourth-order valence-electron chi connectivity index (χ4n) is 8.55. The predicted octanol–water partition coefficient (Wildman–Crippen LogP) is 14.9. The number of hydrogen-bond acceptors (Lipinski definition) is 1. The third kappa shape index (κ3) is 5.46. The summed E-state index contributed by atoms with van der Waals surface area (Å²) >= 11 is 0. The summed E-state index contributed by atoms with van der Waals surface area (Å²) in [6, 6.07) is 64.0. The van der Waals surface area contributed by atoms with Crippen molar-refractivity contribution in [3.63, 3.8) is 0 Å². The van der Waals surface area contributed by atoms with Crippen molar-refractivity contribution in [3.05, 3.63) is 207 Å². The van der Waals surface area contributed by atoms with E-state index >= 15 is 0 Å². The third-order valence-corrected chi connectivity index (χ3v) is 11.1. The zero-order chi connectivity index (χ0) is 37.6. The van der Waals surface area contributed by atoms with Gasteiger partial charge in [0.15, 0.2) is 0 Å². The van der Waals surface area contributed by atoms with Crippen LogP contribution in [0.15, 0.2) is 207 Å². The fraction of sp³-hybridized carbons (Fsp3) is 0.0185. The van der Waals surface area contributed by atoms with Gasteiger partial charge in [-0.1, -0.05) is 176 Å². The zero-order valence-electron chi connectivity index (χ0n) is 31.2. The highest BCUT2D eigenvalue weighted by Gasteiger charge is 2.20. The van der Waals surface area contributed by atoms with Gasteiger partial charge in [0.2, 0.25) is 0 Å². The minimum absolute atomic E-state index is 0.886. The zero-order valence-corrected chi connectivity index (χ0v) is 31.2. The van der Waals surface area contributed by atoms with Gasteiger partial charge in [-0.05, 0) is 114 Å². The van der Waals surface area contributed by atoms with Crippen LogP contribution >= 0.6 is 0 Å². The van der Waals surface area contributed by atoms with Crippen molar-refractivity contribution >= 4 is 59.8 Å². The lowest BCUT2D eigenvalue weighted by Crippen LogP contribution is -1.98. The first kappa shape index (κ1) is 33.3. The number of aromatic nitrogens is 2. The van der Waals surface area contributed by atoms with E-state index in [-0.39, 0.29) is 0 Å². The second-order valence-electron chi connectivity index (χ2n) is 14.3. The lowest BCUT2D eigenvalue weighted by molar-refractivity contribution is 1.15. The maximum atomic E-state index is 5.11. The summed E-state index contributed by atoms with van der Waals surface area (Å²) in [5.74, 6) is 0.886. The van der Waals surface area contributed by atoms with E-state index in [1.807, 2.05) is 31.2 Å². The molecule has 2 nitrogen and oxygen atoms in total. The lowest BCUT2D eigenvalue weighted by Gasteiger charge is -2.20. The number of imidazole rings is 1. The highest BCUT2D eigenvalue weighted by molar-refractivity contribution is 6.25. The SMILES string of the molecule is C=C/C(=C\C=C/C)n1c(-c2ccc(-c3ccc4c(-c5cccc6ccccc56)c5ccccc5c(-c5cccc6ccccc56)c4c3)cc2)nc2ccccc21. The second kappa shape index (κ2) is 13.8. The van der Waals surface area contributed by atoms with Crippen molar-refractivity contribution in [1.29, 1.82) is 0 Å². The lowest BCUT2D eigenvalue weighted by atomic mass is 9.83. The standard InChI is InChI=1S/C54H38N2/c1-3-5-20-41(4-2)56-51-28-13-12-27-50(51)55-54(56)39-31-29-36(30-32-39)40-33-34-48-49(35-40)53(45-26-15-19-38-17-7-9-22-43(38)45)47-24-11-10-23-46(47)52(48)44-25-14-18-37-16-6-8-21-42(37)44/h3-35H,2H2,1H3/b5-3-,41-20+. The molecule has 0 aliphatic heterocycles. The van der Waals surface area contributed by atoms with Gasteiger partial charge < -0.3 is 0 Å². The Kier molecular flexibility index (Phi) is 8.23. The highest BCUT2D eigenvalue weighted by Crippen LogP contribution is 2.47. The molecule has 0 aliphatic carbocycles. The predicted molar refractivity (Wildman–Crippen MR) is 241 cm³/mol. The highest BCUT2D eigenvalue weighted by atomic mass is 15.1. The molecule has 0 saturated heterocycles. The van der Waals surface area contributed by atoms with Crippen molar-refractivity contribution < 1.29 is 0 Å². The summed E-state index contributed by atoms with van der Waals surface area (Å²) < 4.78 is 2.20. The average Bonchev–Trinajstić information content (AvgIpc) is 3.65. The Bertz CT molecular complexity index is 3200. The quantitative estimate of drug-likeness (QED) is 0.119. The van der Waals surface area contributed by atoms with Crippen LogP contribution in [0.5, 0.6) is 0 Å². The first-order chi connectivity index (χ1) is 27.7. The van der Waals surface area contributed by atoms with Gasteiger partial charge in [-0.3, -0.25) is 4.57 Å². The van der Waals surface area contributed by atoms with Crippen molar-refractivity contribution in [2.24, 2.45) is 0 Å². The van der Waals surface area contributed by atoms with E-state index < -0.39 is 0 Å². The van der Waals surface area contributed by atoms with Crippen molar-refractivity contribution in [1.82, 2.24) is 9.55 Å². The Morgan fingerprint density at radius 3 is 1.66 bits per heavy atom. The van der Waals surface area contributed by atoms with Crippen molar-refractivity contribution in [2.75, 3.05) is 0 Å². The molecule has 0 aliphatic rings. The molecule has 0 amide bonds. The molecule has 0 atom stereocenters. The monoisotopic (exact) mass is 714 g/mol. The normalized spacial score (nSPS) is 12.1. The van der Waals surface area contributed by atoms with E-state index in [9.17, 15) is 0 Å². The van der Waals surface area contributed by atoms with Crippen LogP contribution < -0.4 is 0 Å². The molecule has 2 heteroatoms. The Hall–Kier alpha value is -7.29. The van der Waals surface area contributed by atoms with E-state index in [4.69, 9.17) is 4.98 Å². The second-order valence-corrected chi connectivity index (χ2v) is 14.3. The maximum Gasteiger partial charge on any atom is 0.145 e. The van der Waals surface area contributed by atoms with Crippen LogP contribution in [0.25, 0.3) is 105 Å². The van der Waals surface area contributed by atoms with Gasteiger partial charge in [0, 0.05) is 11.3 Å². The van der Waals surface area contributed by atoms with Crippen LogP contribution in [0, 0.1) is 0 Å².